The lowest BCUT2D eigenvalue weighted by Crippen LogP contribution is -1.89. The van der Waals surface area contributed by atoms with Gasteiger partial charge in [0.05, 0.1) is 10.0 Å². The van der Waals surface area contributed by atoms with E-state index in [1.807, 2.05) is 12.1 Å². The number of thioether (sulfide) groups is 1. The molecule has 1 nitrogen and oxygen atoms in total. The molecule has 0 spiro atoms. The number of halogens is 1. The van der Waals surface area contributed by atoms with E-state index in [4.69, 9.17) is 11.6 Å². The number of hydrogen-bond donors (Lipinski definition) is 0. The molecule has 1 aromatic heterocycles. The molecule has 0 saturated heterocycles. The Morgan fingerprint density at radius 2 is 2.27 bits per heavy atom. The minimum Gasteiger partial charge on any atom is -0.248 e. The van der Waals surface area contributed by atoms with Gasteiger partial charge < -0.3 is 0 Å². The summed E-state index contributed by atoms with van der Waals surface area (Å²) >= 11 is 7.51. The number of aromatic nitrogens is 1. The lowest BCUT2D eigenvalue weighted by molar-refractivity contribution is 1.02. The summed E-state index contributed by atoms with van der Waals surface area (Å²) in [6.07, 6.45) is 10.8. The molecule has 0 unspecified atom stereocenters. The molecule has 0 fully saturated rings. The van der Waals surface area contributed by atoms with Gasteiger partial charge >= 0.3 is 0 Å². The summed E-state index contributed by atoms with van der Waals surface area (Å²) in [7, 11) is 0. The third kappa shape index (κ3) is 3.40. The highest BCUT2D eigenvalue weighted by Gasteiger charge is 2.00. The van der Waals surface area contributed by atoms with Gasteiger partial charge in [-0.05, 0) is 30.5 Å². The predicted octanol–water partition coefficient (Wildman–Crippen LogP) is 4.10. The Hall–Kier alpha value is -0.730. The van der Waals surface area contributed by atoms with E-state index < -0.39 is 0 Å². The maximum Gasteiger partial charge on any atom is 0.0964 e. The van der Waals surface area contributed by atoms with Crippen molar-refractivity contribution in [3.8, 4) is 0 Å². The van der Waals surface area contributed by atoms with Gasteiger partial charge in [0, 0.05) is 11.9 Å². The van der Waals surface area contributed by atoms with Crippen molar-refractivity contribution in [3.63, 3.8) is 0 Å². The number of hydrogen-bond acceptors (Lipinski definition) is 2. The SMILES string of the molecule is Clc1ccc(SCC2=CCCC=C2)nc1. The standard InChI is InChI=1S/C12H12ClNS/c13-11-6-7-12(14-8-11)15-9-10-4-2-1-3-5-10/h2,4-8H,1,3,9H2. The van der Waals surface area contributed by atoms with E-state index in [-0.39, 0.29) is 0 Å². The van der Waals surface area contributed by atoms with Crippen LogP contribution in [0.1, 0.15) is 12.8 Å². The second kappa shape index (κ2) is 5.38. The fourth-order valence-corrected chi connectivity index (χ4v) is 2.31. The molecule has 3 heteroatoms. The van der Waals surface area contributed by atoms with E-state index in [0.29, 0.717) is 5.02 Å². The summed E-state index contributed by atoms with van der Waals surface area (Å²) in [6, 6.07) is 3.84. The van der Waals surface area contributed by atoms with Gasteiger partial charge in [0.2, 0.25) is 0 Å². The normalized spacial score (nSPS) is 15.1. The largest absolute Gasteiger partial charge is 0.248 e. The third-order valence-electron chi connectivity index (χ3n) is 2.16. The lowest BCUT2D eigenvalue weighted by atomic mass is 10.1. The van der Waals surface area contributed by atoms with Crippen LogP contribution in [0.5, 0.6) is 0 Å². The fourth-order valence-electron chi connectivity index (χ4n) is 1.38. The van der Waals surface area contributed by atoms with E-state index in [2.05, 4.69) is 23.2 Å². The Bertz CT molecular complexity index is 381. The molecule has 1 aliphatic rings. The van der Waals surface area contributed by atoms with Gasteiger partial charge in [-0.3, -0.25) is 0 Å². The molecule has 78 valence electrons. The van der Waals surface area contributed by atoms with Crippen LogP contribution in [0.4, 0.5) is 0 Å². The van der Waals surface area contributed by atoms with Crippen molar-refractivity contribution in [2.45, 2.75) is 17.9 Å². The van der Waals surface area contributed by atoms with Gasteiger partial charge in [0.1, 0.15) is 0 Å². The first-order chi connectivity index (χ1) is 7.34. The second-order valence-electron chi connectivity index (χ2n) is 3.36. The second-order valence-corrected chi connectivity index (χ2v) is 4.79. The molecule has 0 aromatic carbocycles. The summed E-state index contributed by atoms with van der Waals surface area (Å²) in [5.74, 6) is 0.991. The lowest BCUT2D eigenvalue weighted by Gasteiger charge is -2.05. The van der Waals surface area contributed by atoms with Crippen LogP contribution in [0.2, 0.25) is 5.02 Å². The third-order valence-corrected chi connectivity index (χ3v) is 3.40. The van der Waals surface area contributed by atoms with Crippen LogP contribution in [-0.2, 0) is 0 Å². The molecule has 0 saturated carbocycles. The Morgan fingerprint density at radius 1 is 1.33 bits per heavy atom. The maximum absolute atomic E-state index is 5.77. The van der Waals surface area contributed by atoms with Crippen molar-refractivity contribution in [2.75, 3.05) is 5.75 Å². The van der Waals surface area contributed by atoms with Crippen LogP contribution >= 0.6 is 23.4 Å². The summed E-state index contributed by atoms with van der Waals surface area (Å²) in [5.41, 5.74) is 1.39. The summed E-state index contributed by atoms with van der Waals surface area (Å²) in [5, 5.41) is 1.72. The zero-order valence-corrected chi connectivity index (χ0v) is 9.89. The molecular formula is C12H12ClNS. The van der Waals surface area contributed by atoms with Crippen LogP contribution < -0.4 is 0 Å². The van der Waals surface area contributed by atoms with Crippen molar-refractivity contribution in [2.24, 2.45) is 0 Å². The number of nitrogens with zero attached hydrogens (tertiary/aromatic N) is 1. The monoisotopic (exact) mass is 237 g/mol. The molecule has 1 heterocycles. The first-order valence-corrected chi connectivity index (χ1v) is 6.31. The van der Waals surface area contributed by atoms with Crippen molar-refractivity contribution in [1.82, 2.24) is 4.98 Å². The Morgan fingerprint density at radius 3 is 2.93 bits per heavy atom. The number of allylic oxidation sites excluding steroid dienone is 3. The molecule has 0 amide bonds. The topological polar surface area (TPSA) is 12.9 Å². The average molecular weight is 238 g/mol. The quantitative estimate of drug-likeness (QED) is 0.734. The highest BCUT2D eigenvalue weighted by atomic mass is 35.5. The van der Waals surface area contributed by atoms with Gasteiger partial charge in [0.25, 0.3) is 0 Å². The minimum atomic E-state index is 0.691. The minimum absolute atomic E-state index is 0.691. The van der Waals surface area contributed by atoms with Gasteiger partial charge in [0.15, 0.2) is 0 Å². The predicted molar refractivity (Wildman–Crippen MR) is 66.4 cm³/mol. The molecule has 15 heavy (non-hydrogen) atoms. The van der Waals surface area contributed by atoms with Crippen molar-refractivity contribution >= 4 is 23.4 Å². The van der Waals surface area contributed by atoms with Crippen LogP contribution in [0.3, 0.4) is 0 Å². The van der Waals surface area contributed by atoms with Crippen LogP contribution in [0.15, 0.2) is 47.2 Å². The summed E-state index contributed by atoms with van der Waals surface area (Å²) in [4.78, 5) is 4.24. The Balaban J connectivity index is 1.90. The van der Waals surface area contributed by atoms with E-state index >= 15 is 0 Å². The summed E-state index contributed by atoms with van der Waals surface area (Å²) < 4.78 is 0. The van der Waals surface area contributed by atoms with Gasteiger partial charge in [-0.2, -0.15) is 0 Å². The zero-order valence-electron chi connectivity index (χ0n) is 8.32. The highest BCUT2D eigenvalue weighted by Crippen LogP contribution is 2.22. The first-order valence-electron chi connectivity index (χ1n) is 4.94. The summed E-state index contributed by atoms with van der Waals surface area (Å²) in [6.45, 7) is 0. The molecule has 2 rings (SSSR count). The maximum atomic E-state index is 5.77. The number of rotatable bonds is 3. The van der Waals surface area contributed by atoms with E-state index in [0.717, 1.165) is 10.8 Å². The Kier molecular flexibility index (Phi) is 3.87. The van der Waals surface area contributed by atoms with Crippen LogP contribution in [0, 0.1) is 0 Å². The Labute approximate surface area is 99.2 Å². The van der Waals surface area contributed by atoms with Crippen molar-refractivity contribution in [3.05, 3.63) is 47.2 Å². The molecule has 1 aromatic rings. The van der Waals surface area contributed by atoms with Gasteiger partial charge in [-0.25, -0.2) is 4.98 Å². The van der Waals surface area contributed by atoms with Crippen molar-refractivity contribution < 1.29 is 0 Å². The number of pyridine rings is 1. The first kappa shape index (κ1) is 10.8. The average Bonchev–Trinajstić information content (AvgIpc) is 2.30. The molecule has 0 aliphatic heterocycles. The van der Waals surface area contributed by atoms with E-state index in [9.17, 15) is 0 Å². The molecular weight excluding hydrogens is 226 g/mol. The molecule has 0 N–H and O–H groups in total. The smallest absolute Gasteiger partial charge is 0.0964 e. The molecule has 0 atom stereocenters. The van der Waals surface area contributed by atoms with Crippen molar-refractivity contribution in [1.29, 1.82) is 0 Å². The van der Waals surface area contributed by atoms with Gasteiger partial charge in [-0.15, -0.1) is 11.8 Å². The van der Waals surface area contributed by atoms with Gasteiger partial charge in [-0.1, -0.05) is 29.8 Å². The fraction of sp³-hybridized carbons (Fsp3) is 0.250. The highest BCUT2D eigenvalue weighted by molar-refractivity contribution is 7.99. The van der Waals surface area contributed by atoms with E-state index in [1.54, 1.807) is 18.0 Å². The molecule has 0 bridgehead atoms. The molecule has 0 radical (unpaired) electrons. The zero-order chi connectivity index (χ0) is 10.5. The molecule has 1 aliphatic carbocycles. The van der Waals surface area contributed by atoms with E-state index in [1.165, 1.54) is 18.4 Å². The van der Waals surface area contributed by atoms with Crippen LogP contribution in [-0.4, -0.2) is 10.7 Å². The van der Waals surface area contributed by atoms with Crippen LogP contribution in [0.25, 0.3) is 0 Å².